The molecule has 0 amide bonds. The van der Waals surface area contributed by atoms with Crippen LogP contribution in [0.25, 0.3) is 0 Å². The zero-order valence-electron chi connectivity index (χ0n) is 12.9. The summed E-state index contributed by atoms with van der Waals surface area (Å²) in [4.78, 5) is -0.283. The zero-order valence-corrected chi connectivity index (χ0v) is 13.7. The van der Waals surface area contributed by atoms with Crippen molar-refractivity contribution >= 4 is 10.0 Å². The van der Waals surface area contributed by atoms with Gasteiger partial charge in [-0.2, -0.15) is 4.31 Å². The number of sulfonamides is 1. The summed E-state index contributed by atoms with van der Waals surface area (Å²) in [6.07, 6.45) is 3.92. The van der Waals surface area contributed by atoms with Gasteiger partial charge >= 0.3 is 0 Å². The second-order valence-corrected chi connectivity index (χ2v) is 7.39. The van der Waals surface area contributed by atoms with E-state index in [4.69, 9.17) is 0 Å². The number of benzene rings is 1. The summed E-state index contributed by atoms with van der Waals surface area (Å²) in [6, 6.07) is 5.08. The third-order valence-corrected chi connectivity index (χ3v) is 6.10. The second kappa shape index (κ2) is 6.37. The van der Waals surface area contributed by atoms with E-state index in [0.717, 1.165) is 12.8 Å². The van der Waals surface area contributed by atoms with Gasteiger partial charge in [0.25, 0.3) is 0 Å². The fourth-order valence-electron chi connectivity index (χ4n) is 3.00. The van der Waals surface area contributed by atoms with E-state index >= 15 is 0 Å². The van der Waals surface area contributed by atoms with Crippen LogP contribution < -0.4 is 0 Å². The molecular formula is C15H19FN4O2S. The smallest absolute Gasteiger partial charge is 0.246 e. The van der Waals surface area contributed by atoms with Crippen LogP contribution in [0.5, 0.6) is 0 Å². The van der Waals surface area contributed by atoms with Crippen molar-refractivity contribution in [2.75, 3.05) is 6.54 Å². The van der Waals surface area contributed by atoms with Crippen LogP contribution in [-0.4, -0.2) is 34.0 Å². The molecule has 6 nitrogen and oxygen atoms in total. The molecule has 23 heavy (non-hydrogen) atoms. The lowest BCUT2D eigenvalue weighted by Gasteiger charge is -2.34. The number of aromatic nitrogens is 3. The standard InChI is InChI=1S/C15H19FN4O2S/c1-2-19-11-17-18-15(19)13-8-5-6-10-20(13)23(21,22)14-9-4-3-7-12(14)16/h3-4,7,9,11,13H,2,5-6,8,10H2,1H3/t13-/m1/s1. The lowest BCUT2D eigenvalue weighted by Crippen LogP contribution is -2.40. The highest BCUT2D eigenvalue weighted by atomic mass is 32.2. The molecule has 1 atom stereocenters. The summed E-state index contributed by atoms with van der Waals surface area (Å²) < 4.78 is 43.1. The summed E-state index contributed by atoms with van der Waals surface area (Å²) in [5.41, 5.74) is 0. The van der Waals surface area contributed by atoms with Crippen LogP contribution in [0.2, 0.25) is 0 Å². The first kappa shape index (κ1) is 16.1. The highest BCUT2D eigenvalue weighted by molar-refractivity contribution is 7.89. The average molecular weight is 338 g/mol. The topological polar surface area (TPSA) is 68.1 Å². The molecule has 0 bridgehead atoms. The van der Waals surface area contributed by atoms with Crippen molar-refractivity contribution in [1.29, 1.82) is 0 Å². The largest absolute Gasteiger partial charge is 0.317 e. The molecule has 1 saturated heterocycles. The van der Waals surface area contributed by atoms with Crippen molar-refractivity contribution in [3.05, 3.63) is 42.2 Å². The molecule has 0 N–H and O–H groups in total. The summed E-state index contributed by atoms with van der Waals surface area (Å²) in [7, 11) is -3.92. The fraction of sp³-hybridized carbons (Fsp3) is 0.467. The molecule has 3 rings (SSSR count). The van der Waals surface area contributed by atoms with E-state index in [0.29, 0.717) is 25.3 Å². The first-order chi connectivity index (χ1) is 11.1. The molecule has 8 heteroatoms. The van der Waals surface area contributed by atoms with Gasteiger partial charge in [-0.05, 0) is 31.9 Å². The maximum atomic E-state index is 14.0. The van der Waals surface area contributed by atoms with E-state index < -0.39 is 21.9 Å². The van der Waals surface area contributed by atoms with Gasteiger partial charge in [0.1, 0.15) is 17.0 Å². The van der Waals surface area contributed by atoms with E-state index in [1.807, 2.05) is 11.5 Å². The van der Waals surface area contributed by atoms with E-state index in [9.17, 15) is 12.8 Å². The Morgan fingerprint density at radius 1 is 1.30 bits per heavy atom. The fourth-order valence-corrected chi connectivity index (χ4v) is 4.72. The first-order valence-corrected chi connectivity index (χ1v) is 9.13. The minimum absolute atomic E-state index is 0.283. The van der Waals surface area contributed by atoms with Gasteiger partial charge in [-0.1, -0.05) is 18.6 Å². The molecule has 2 aromatic rings. The van der Waals surface area contributed by atoms with Gasteiger partial charge in [-0.25, -0.2) is 12.8 Å². The molecular weight excluding hydrogens is 319 g/mol. The molecule has 1 fully saturated rings. The summed E-state index contributed by atoms with van der Waals surface area (Å²) >= 11 is 0. The van der Waals surface area contributed by atoms with Crippen molar-refractivity contribution in [1.82, 2.24) is 19.1 Å². The molecule has 1 aliphatic rings. The Morgan fingerprint density at radius 2 is 2.09 bits per heavy atom. The number of hydrogen-bond donors (Lipinski definition) is 0. The maximum absolute atomic E-state index is 14.0. The monoisotopic (exact) mass is 338 g/mol. The Hall–Kier alpha value is -1.80. The van der Waals surface area contributed by atoms with Gasteiger partial charge in [0.05, 0.1) is 6.04 Å². The summed E-state index contributed by atoms with van der Waals surface area (Å²) in [5, 5.41) is 8.00. The number of nitrogens with zero attached hydrogens (tertiary/aromatic N) is 4. The Balaban J connectivity index is 2.04. The predicted octanol–water partition coefficient (Wildman–Crippen LogP) is 2.35. The Bertz CT molecular complexity index is 790. The van der Waals surface area contributed by atoms with Gasteiger partial charge in [0.15, 0.2) is 5.82 Å². The Morgan fingerprint density at radius 3 is 2.83 bits per heavy atom. The normalized spacial score (nSPS) is 19.8. The van der Waals surface area contributed by atoms with E-state index in [-0.39, 0.29) is 4.90 Å². The van der Waals surface area contributed by atoms with Crippen molar-refractivity contribution in [3.63, 3.8) is 0 Å². The third-order valence-electron chi connectivity index (χ3n) is 4.16. The SMILES string of the molecule is CCn1cnnc1[C@H]1CCCCN1S(=O)(=O)c1ccccc1F. The van der Waals surface area contributed by atoms with Gasteiger partial charge in [-0.3, -0.25) is 0 Å². The van der Waals surface area contributed by atoms with Crippen LogP contribution in [0.3, 0.4) is 0 Å². The Labute approximate surface area is 135 Å². The number of piperidine rings is 1. The van der Waals surface area contributed by atoms with Gasteiger partial charge in [0.2, 0.25) is 10.0 Å². The van der Waals surface area contributed by atoms with Gasteiger partial charge in [-0.15, -0.1) is 10.2 Å². The number of aryl methyl sites for hydroxylation is 1. The molecule has 1 aromatic carbocycles. The molecule has 1 aliphatic heterocycles. The second-order valence-electron chi connectivity index (χ2n) is 5.53. The van der Waals surface area contributed by atoms with E-state index in [2.05, 4.69) is 10.2 Å². The lowest BCUT2D eigenvalue weighted by molar-refractivity contribution is 0.240. The molecule has 124 valence electrons. The molecule has 0 saturated carbocycles. The highest BCUT2D eigenvalue weighted by Crippen LogP contribution is 2.35. The third kappa shape index (κ3) is 2.88. The minimum atomic E-state index is -3.92. The molecule has 1 aromatic heterocycles. The molecule has 0 spiro atoms. The lowest BCUT2D eigenvalue weighted by atomic mass is 10.0. The molecule has 0 unspecified atom stereocenters. The molecule has 0 aliphatic carbocycles. The maximum Gasteiger partial charge on any atom is 0.246 e. The zero-order chi connectivity index (χ0) is 16.4. The highest BCUT2D eigenvalue weighted by Gasteiger charge is 2.37. The van der Waals surface area contributed by atoms with E-state index in [1.54, 1.807) is 6.33 Å². The molecule has 2 heterocycles. The van der Waals surface area contributed by atoms with E-state index in [1.165, 1.54) is 28.6 Å². The predicted molar refractivity (Wildman–Crippen MR) is 82.6 cm³/mol. The van der Waals surface area contributed by atoms with Crippen molar-refractivity contribution in [2.24, 2.45) is 0 Å². The van der Waals surface area contributed by atoms with Gasteiger partial charge in [0, 0.05) is 13.1 Å². The van der Waals surface area contributed by atoms with Crippen molar-refractivity contribution < 1.29 is 12.8 Å². The van der Waals surface area contributed by atoms with Crippen molar-refractivity contribution in [2.45, 2.75) is 43.7 Å². The average Bonchev–Trinajstić information content (AvgIpc) is 3.03. The first-order valence-electron chi connectivity index (χ1n) is 7.69. The van der Waals surface area contributed by atoms with Crippen LogP contribution in [0.1, 0.15) is 38.1 Å². The van der Waals surface area contributed by atoms with Crippen LogP contribution in [0.15, 0.2) is 35.5 Å². The van der Waals surface area contributed by atoms with Crippen LogP contribution in [0.4, 0.5) is 4.39 Å². The van der Waals surface area contributed by atoms with Gasteiger partial charge < -0.3 is 4.57 Å². The summed E-state index contributed by atoms with van der Waals surface area (Å²) in [5.74, 6) is -0.110. The number of hydrogen-bond acceptors (Lipinski definition) is 4. The van der Waals surface area contributed by atoms with Crippen LogP contribution >= 0.6 is 0 Å². The van der Waals surface area contributed by atoms with Crippen molar-refractivity contribution in [3.8, 4) is 0 Å². The Kier molecular flexibility index (Phi) is 4.45. The van der Waals surface area contributed by atoms with Crippen LogP contribution in [0, 0.1) is 5.82 Å². The number of halogens is 1. The quantitative estimate of drug-likeness (QED) is 0.858. The van der Waals surface area contributed by atoms with Crippen LogP contribution in [-0.2, 0) is 16.6 Å². The number of rotatable bonds is 4. The minimum Gasteiger partial charge on any atom is -0.317 e. The molecule has 0 radical (unpaired) electrons. The summed E-state index contributed by atoms with van der Waals surface area (Å²) in [6.45, 7) is 2.97.